The third-order valence-electron chi connectivity index (χ3n) is 5.60. The van der Waals surface area contributed by atoms with Crippen LogP contribution in [-0.2, 0) is 16.1 Å². The number of carbonyl (C=O) groups excluding carboxylic acids is 2. The largest absolute Gasteiger partial charge is 0.507 e. The van der Waals surface area contributed by atoms with Crippen LogP contribution in [0.15, 0.2) is 78.4 Å². The van der Waals surface area contributed by atoms with Gasteiger partial charge in [0.1, 0.15) is 11.5 Å². The summed E-state index contributed by atoms with van der Waals surface area (Å²) in [4.78, 5) is 27.7. The number of nitrogens with zero attached hydrogens (tertiary/aromatic N) is 1. The maximum Gasteiger partial charge on any atom is 0.295 e. The van der Waals surface area contributed by atoms with Crippen molar-refractivity contribution in [3.8, 4) is 5.75 Å². The molecule has 4 rings (SSSR count). The summed E-state index contributed by atoms with van der Waals surface area (Å²) in [6, 6.07) is 20.2. The highest BCUT2D eigenvalue weighted by Gasteiger charge is 2.46. The van der Waals surface area contributed by atoms with Gasteiger partial charge in [0.2, 0.25) is 0 Å². The molecule has 1 fully saturated rings. The second kappa shape index (κ2) is 10.3. The summed E-state index contributed by atoms with van der Waals surface area (Å²) in [6.07, 6.45) is 0.871. The average molecular weight is 496 g/mol. The number of ketones is 1. The molecular formula is C27H23Cl2NO4. The Morgan fingerprint density at radius 2 is 1.68 bits per heavy atom. The zero-order chi connectivity index (χ0) is 24.2. The molecule has 1 saturated heterocycles. The van der Waals surface area contributed by atoms with Crippen molar-refractivity contribution >= 4 is 40.7 Å². The molecule has 5 nitrogen and oxygen atoms in total. The lowest BCUT2D eigenvalue weighted by molar-refractivity contribution is -0.140. The Hall–Kier alpha value is -3.28. The fourth-order valence-electron chi connectivity index (χ4n) is 3.94. The molecule has 1 heterocycles. The van der Waals surface area contributed by atoms with Crippen molar-refractivity contribution in [1.82, 2.24) is 4.90 Å². The van der Waals surface area contributed by atoms with Gasteiger partial charge in [-0.15, -0.1) is 0 Å². The minimum atomic E-state index is -0.828. The Labute approximate surface area is 208 Å². The number of aliphatic hydroxyl groups excluding tert-OH is 1. The highest BCUT2D eigenvalue weighted by molar-refractivity contribution is 6.46. The summed E-state index contributed by atoms with van der Waals surface area (Å²) in [5.74, 6) is -1.05. The van der Waals surface area contributed by atoms with Crippen LogP contribution in [0.25, 0.3) is 5.76 Å². The van der Waals surface area contributed by atoms with E-state index in [2.05, 4.69) is 0 Å². The second-order valence-electron chi connectivity index (χ2n) is 7.96. The predicted octanol–water partition coefficient (Wildman–Crippen LogP) is 6.40. The molecule has 1 N–H and O–H groups in total. The number of carbonyl (C=O) groups is 2. The molecule has 1 aliphatic heterocycles. The Bertz CT molecular complexity index is 1240. The number of hydrogen-bond donors (Lipinski definition) is 1. The first-order valence-electron chi connectivity index (χ1n) is 10.9. The van der Waals surface area contributed by atoms with Crippen LogP contribution in [0.5, 0.6) is 5.75 Å². The van der Waals surface area contributed by atoms with Gasteiger partial charge in [0.05, 0.1) is 28.3 Å². The highest BCUT2D eigenvalue weighted by Crippen LogP contribution is 2.41. The number of halogens is 2. The number of hydrogen-bond acceptors (Lipinski definition) is 4. The molecule has 0 aliphatic carbocycles. The van der Waals surface area contributed by atoms with E-state index in [1.165, 1.54) is 4.90 Å². The summed E-state index contributed by atoms with van der Waals surface area (Å²) in [5, 5.41) is 11.8. The summed E-state index contributed by atoms with van der Waals surface area (Å²) in [5.41, 5.74) is 1.84. The van der Waals surface area contributed by atoms with Crippen LogP contribution < -0.4 is 4.74 Å². The van der Waals surface area contributed by atoms with Crippen LogP contribution in [0.4, 0.5) is 0 Å². The molecule has 174 valence electrons. The lowest BCUT2D eigenvalue weighted by atomic mass is 9.95. The summed E-state index contributed by atoms with van der Waals surface area (Å²) in [6.45, 7) is 2.78. The highest BCUT2D eigenvalue weighted by atomic mass is 35.5. The van der Waals surface area contributed by atoms with Gasteiger partial charge in [-0.25, -0.2) is 0 Å². The lowest BCUT2D eigenvalue weighted by Gasteiger charge is -2.25. The molecule has 0 spiro atoms. The monoisotopic (exact) mass is 495 g/mol. The Morgan fingerprint density at radius 3 is 2.32 bits per heavy atom. The van der Waals surface area contributed by atoms with Crippen LogP contribution in [0.3, 0.4) is 0 Å². The number of likely N-dealkylation sites (tertiary alicyclic amines) is 1. The average Bonchev–Trinajstić information content (AvgIpc) is 3.10. The first-order chi connectivity index (χ1) is 16.4. The van der Waals surface area contributed by atoms with Gasteiger partial charge in [-0.1, -0.05) is 66.5 Å². The zero-order valence-corrected chi connectivity index (χ0v) is 20.0. The van der Waals surface area contributed by atoms with Crippen molar-refractivity contribution < 1.29 is 19.4 Å². The van der Waals surface area contributed by atoms with Crippen LogP contribution in [0, 0.1) is 0 Å². The molecule has 0 bridgehead atoms. The maximum absolute atomic E-state index is 13.2. The van der Waals surface area contributed by atoms with E-state index in [0.717, 1.165) is 12.0 Å². The van der Waals surface area contributed by atoms with Crippen LogP contribution in [0.2, 0.25) is 10.0 Å². The van der Waals surface area contributed by atoms with Crippen molar-refractivity contribution in [3.05, 3.63) is 105 Å². The third-order valence-corrected chi connectivity index (χ3v) is 6.33. The molecule has 1 atom stereocenters. The summed E-state index contributed by atoms with van der Waals surface area (Å²) in [7, 11) is 0. The Morgan fingerprint density at radius 1 is 0.971 bits per heavy atom. The van der Waals surface area contributed by atoms with E-state index < -0.39 is 17.7 Å². The SMILES string of the molecule is CCCOc1ccc(/C(O)=C2\C(=O)C(=O)N(Cc3ccccc3)C2c2ccc(Cl)c(Cl)c2)cc1. The zero-order valence-electron chi connectivity index (χ0n) is 18.5. The van der Waals surface area contributed by atoms with Crippen LogP contribution >= 0.6 is 23.2 Å². The molecular weight excluding hydrogens is 473 g/mol. The van der Waals surface area contributed by atoms with E-state index in [4.69, 9.17) is 27.9 Å². The van der Waals surface area contributed by atoms with E-state index in [9.17, 15) is 14.7 Å². The van der Waals surface area contributed by atoms with Gasteiger partial charge in [0, 0.05) is 12.1 Å². The summed E-state index contributed by atoms with van der Waals surface area (Å²) >= 11 is 12.4. The Balaban J connectivity index is 1.80. The normalized spacial score (nSPS) is 17.3. The second-order valence-corrected chi connectivity index (χ2v) is 8.77. The molecule has 34 heavy (non-hydrogen) atoms. The van der Waals surface area contributed by atoms with E-state index in [0.29, 0.717) is 33.5 Å². The minimum absolute atomic E-state index is 0.00143. The van der Waals surface area contributed by atoms with Gasteiger partial charge in [0.25, 0.3) is 11.7 Å². The Kier molecular flexibility index (Phi) is 7.25. The molecule has 1 unspecified atom stereocenters. The number of Topliss-reactive ketones (excluding diaryl/α,β-unsaturated/α-hetero) is 1. The number of aliphatic hydroxyl groups is 1. The van der Waals surface area contributed by atoms with E-state index in [1.807, 2.05) is 37.3 Å². The molecule has 0 radical (unpaired) electrons. The quantitative estimate of drug-likeness (QED) is 0.233. The van der Waals surface area contributed by atoms with Crippen molar-refractivity contribution in [3.63, 3.8) is 0 Å². The van der Waals surface area contributed by atoms with Crippen molar-refractivity contribution in [2.45, 2.75) is 25.9 Å². The standard InChI is InChI=1S/C27H23Cl2NO4/c1-2-14-34-20-11-8-18(9-12-20)25(31)23-24(19-10-13-21(28)22(29)15-19)30(27(33)26(23)32)16-17-6-4-3-5-7-17/h3-13,15,24,31H,2,14,16H2,1H3/b25-23+. The fourth-order valence-corrected chi connectivity index (χ4v) is 4.24. The topological polar surface area (TPSA) is 66.8 Å². The van der Waals surface area contributed by atoms with Crippen LogP contribution in [0.1, 0.15) is 36.1 Å². The number of benzene rings is 3. The van der Waals surface area contributed by atoms with Crippen LogP contribution in [-0.4, -0.2) is 28.3 Å². The number of amides is 1. The molecule has 0 aromatic heterocycles. The lowest BCUT2D eigenvalue weighted by Crippen LogP contribution is -2.29. The first kappa shape index (κ1) is 23.9. The molecule has 3 aromatic rings. The first-order valence-corrected chi connectivity index (χ1v) is 11.7. The van der Waals surface area contributed by atoms with Gasteiger partial charge in [-0.2, -0.15) is 0 Å². The van der Waals surface area contributed by atoms with Crippen molar-refractivity contribution in [2.75, 3.05) is 6.61 Å². The van der Waals surface area contributed by atoms with Gasteiger partial charge < -0.3 is 14.7 Å². The molecule has 7 heteroatoms. The fraction of sp³-hybridized carbons (Fsp3) is 0.185. The number of ether oxygens (including phenoxy) is 1. The smallest absolute Gasteiger partial charge is 0.295 e. The molecule has 1 aliphatic rings. The predicted molar refractivity (Wildman–Crippen MR) is 133 cm³/mol. The van der Waals surface area contributed by atoms with E-state index in [-0.39, 0.29) is 17.9 Å². The van der Waals surface area contributed by atoms with Crippen molar-refractivity contribution in [2.24, 2.45) is 0 Å². The maximum atomic E-state index is 13.2. The molecule has 3 aromatic carbocycles. The summed E-state index contributed by atoms with van der Waals surface area (Å²) < 4.78 is 5.60. The third kappa shape index (κ3) is 4.81. The van der Waals surface area contributed by atoms with Gasteiger partial charge >= 0.3 is 0 Å². The van der Waals surface area contributed by atoms with E-state index >= 15 is 0 Å². The van der Waals surface area contributed by atoms with Gasteiger partial charge in [-0.05, 0) is 53.9 Å². The molecule has 1 amide bonds. The molecule has 0 saturated carbocycles. The van der Waals surface area contributed by atoms with Crippen molar-refractivity contribution in [1.29, 1.82) is 0 Å². The minimum Gasteiger partial charge on any atom is -0.507 e. The van der Waals surface area contributed by atoms with Gasteiger partial charge in [0.15, 0.2) is 0 Å². The number of rotatable bonds is 7. The van der Waals surface area contributed by atoms with Gasteiger partial charge in [-0.3, -0.25) is 9.59 Å². The van der Waals surface area contributed by atoms with E-state index in [1.54, 1.807) is 42.5 Å².